The van der Waals surface area contributed by atoms with Gasteiger partial charge in [-0.3, -0.25) is 9.59 Å². The molecule has 1 atom stereocenters. The number of rotatable bonds is 3. The molecule has 0 saturated carbocycles. The molecule has 0 radical (unpaired) electrons. The number of carboxylic acids is 1. The van der Waals surface area contributed by atoms with E-state index in [1.807, 2.05) is 0 Å². The number of hydrogen-bond acceptors (Lipinski definition) is 2. The summed E-state index contributed by atoms with van der Waals surface area (Å²) in [5.74, 6) is -2.90. The number of halogens is 4. The summed E-state index contributed by atoms with van der Waals surface area (Å²) in [4.78, 5) is 24.5. The molecule has 0 spiro atoms. The molecule has 8 heteroatoms. The highest BCUT2D eigenvalue weighted by Gasteiger charge is 2.37. The van der Waals surface area contributed by atoms with Crippen molar-refractivity contribution < 1.29 is 32.3 Å². The van der Waals surface area contributed by atoms with Gasteiger partial charge < -0.3 is 10.0 Å². The third-order valence-electron chi connectivity index (χ3n) is 4.12. The lowest BCUT2D eigenvalue weighted by Crippen LogP contribution is -2.33. The van der Waals surface area contributed by atoms with Crippen molar-refractivity contribution in [3.05, 3.63) is 35.1 Å². The Labute approximate surface area is 136 Å². The Morgan fingerprint density at radius 1 is 1.21 bits per heavy atom. The Hall–Kier alpha value is -2.12. The molecule has 1 unspecified atom stereocenters. The van der Waals surface area contributed by atoms with Gasteiger partial charge in [-0.1, -0.05) is 0 Å². The first-order valence-electron chi connectivity index (χ1n) is 7.56. The van der Waals surface area contributed by atoms with Crippen LogP contribution in [0.1, 0.15) is 41.6 Å². The van der Waals surface area contributed by atoms with Crippen molar-refractivity contribution in [1.29, 1.82) is 0 Å². The van der Waals surface area contributed by atoms with Crippen molar-refractivity contribution in [2.45, 2.75) is 31.9 Å². The topological polar surface area (TPSA) is 57.6 Å². The van der Waals surface area contributed by atoms with Gasteiger partial charge in [0, 0.05) is 19.5 Å². The predicted molar refractivity (Wildman–Crippen MR) is 76.9 cm³/mol. The fourth-order valence-corrected chi connectivity index (χ4v) is 2.93. The maximum atomic E-state index is 13.1. The van der Waals surface area contributed by atoms with Gasteiger partial charge in [0.1, 0.15) is 5.82 Å². The zero-order chi connectivity index (χ0) is 17.9. The average Bonchev–Trinajstić information content (AvgIpc) is 2.70. The summed E-state index contributed by atoms with van der Waals surface area (Å²) in [6, 6.07) is 1.99. The maximum absolute atomic E-state index is 13.1. The molecular formula is C16H17F4NO3. The molecule has 24 heavy (non-hydrogen) atoms. The average molecular weight is 347 g/mol. The van der Waals surface area contributed by atoms with Crippen molar-refractivity contribution in [3.8, 4) is 0 Å². The van der Waals surface area contributed by atoms with Crippen molar-refractivity contribution in [2.75, 3.05) is 13.1 Å². The highest BCUT2D eigenvalue weighted by atomic mass is 19.4. The fourth-order valence-electron chi connectivity index (χ4n) is 2.93. The number of benzene rings is 1. The van der Waals surface area contributed by atoms with Gasteiger partial charge in [0.05, 0.1) is 11.1 Å². The first-order chi connectivity index (χ1) is 11.2. The lowest BCUT2D eigenvalue weighted by Gasteiger charge is -2.22. The number of amides is 1. The number of likely N-dealkylation sites (tertiary alicyclic amines) is 1. The third kappa shape index (κ3) is 4.46. The largest absolute Gasteiger partial charge is 0.481 e. The highest BCUT2D eigenvalue weighted by Crippen LogP contribution is 2.33. The van der Waals surface area contributed by atoms with E-state index in [9.17, 15) is 27.2 Å². The van der Waals surface area contributed by atoms with Crippen LogP contribution in [0.3, 0.4) is 0 Å². The van der Waals surface area contributed by atoms with Crippen LogP contribution in [0, 0.1) is 11.7 Å². The number of nitrogens with zero attached hydrogens (tertiary/aromatic N) is 1. The summed E-state index contributed by atoms with van der Waals surface area (Å²) in [5, 5.41) is 8.82. The van der Waals surface area contributed by atoms with Gasteiger partial charge >= 0.3 is 12.1 Å². The minimum atomic E-state index is -4.83. The molecule has 1 N–H and O–H groups in total. The molecule has 1 heterocycles. The number of aliphatic carboxylic acids is 1. The first kappa shape index (κ1) is 18.2. The summed E-state index contributed by atoms with van der Waals surface area (Å²) < 4.78 is 52.3. The SMILES string of the molecule is O=C(O)CC1CCCN(C(=O)c2ccc(F)cc2C(F)(F)F)CC1. The molecule has 132 valence electrons. The van der Waals surface area contributed by atoms with Crippen LogP contribution >= 0.6 is 0 Å². The van der Waals surface area contributed by atoms with Crippen LogP contribution in [-0.4, -0.2) is 35.0 Å². The van der Waals surface area contributed by atoms with Crippen molar-refractivity contribution in [2.24, 2.45) is 5.92 Å². The van der Waals surface area contributed by atoms with Crippen molar-refractivity contribution >= 4 is 11.9 Å². The molecule has 0 aromatic heterocycles. The second-order valence-electron chi connectivity index (χ2n) is 5.87. The van der Waals surface area contributed by atoms with Gasteiger partial charge in [0.25, 0.3) is 5.91 Å². The molecule has 4 nitrogen and oxygen atoms in total. The van der Waals surface area contributed by atoms with Gasteiger partial charge in [-0.25, -0.2) is 4.39 Å². The Morgan fingerprint density at radius 2 is 1.92 bits per heavy atom. The molecule has 1 saturated heterocycles. The van der Waals surface area contributed by atoms with Crippen LogP contribution in [0.15, 0.2) is 18.2 Å². The molecule has 0 aliphatic carbocycles. The van der Waals surface area contributed by atoms with E-state index < -0.39 is 35.0 Å². The molecule has 1 fully saturated rings. The maximum Gasteiger partial charge on any atom is 0.417 e. The molecular weight excluding hydrogens is 330 g/mol. The van der Waals surface area contributed by atoms with Crippen molar-refractivity contribution in [3.63, 3.8) is 0 Å². The number of alkyl halides is 3. The second-order valence-corrected chi connectivity index (χ2v) is 5.87. The molecule has 1 aromatic carbocycles. The van der Waals surface area contributed by atoms with E-state index in [1.165, 1.54) is 4.90 Å². The molecule has 1 amide bonds. The monoisotopic (exact) mass is 347 g/mol. The molecule has 0 bridgehead atoms. The van der Waals surface area contributed by atoms with Gasteiger partial charge in [-0.2, -0.15) is 13.2 Å². The van der Waals surface area contributed by atoms with E-state index in [0.29, 0.717) is 25.3 Å². The third-order valence-corrected chi connectivity index (χ3v) is 4.12. The summed E-state index contributed by atoms with van der Waals surface area (Å²) in [5.41, 5.74) is -1.88. The smallest absolute Gasteiger partial charge is 0.417 e. The molecule has 1 aliphatic heterocycles. The number of carbonyl (C=O) groups is 2. The van der Waals surface area contributed by atoms with E-state index in [-0.39, 0.29) is 25.4 Å². The predicted octanol–water partition coefficient (Wildman–Crippen LogP) is 3.56. The molecule has 2 rings (SSSR count). The highest BCUT2D eigenvalue weighted by molar-refractivity contribution is 5.96. The number of hydrogen-bond donors (Lipinski definition) is 1. The van der Waals surface area contributed by atoms with Crippen LogP contribution in [0.2, 0.25) is 0 Å². The lowest BCUT2D eigenvalue weighted by molar-refractivity contribution is -0.139. The summed E-state index contributed by atoms with van der Waals surface area (Å²) in [7, 11) is 0. The van der Waals surface area contributed by atoms with Gasteiger partial charge in [-0.15, -0.1) is 0 Å². The summed E-state index contributed by atoms with van der Waals surface area (Å²) >= 11 is 0. The van der Waals surface area contributed by atoms with E-state index in [1.54, 1.807) is 0 Å². The minimum Gasteiger partial charge on any atom is -0.481 e. The van der Waals surface area contributed by atoms with Gasteiger partial charge in [-0.05, 0) is 43.4 Å². The molecule has 1 aromatic rings. The van der Waals surface area contributed by atoms with Gasteiger partial charge in [0.15, 0.2) is 0 Å². The van der Waals surface area contributed by atoms with Crippen LogP contribution in [0.5, 0.6) is 0 Å². The molecule has 1 aliphatic rings. The van der Waals surface area contributed by atoms with E-state index in [4.69, 9.17) is 5.11 Å². The standard InChI is InChI=1S/C16H17F4NO3/c17-11-3-4-12(13(9-11)16(18,19)20)15(24)21-6-1-2-10(5-7-21)8-14(22)23/h3-4,9-10H,1-2,5-8H2,(H,22,23). The minimum absolute atomic E-state index is 0.0214. The van der Waals surface area contributed by atoms with Gasteiger partial charge in [0.2, 0.25) is 0 Å². The lowest BCUT2D eigenvalue weighted by atomic mass is 9.97. The van der Waals surface area contributed by atoms with Crippen LogP contribution in [0.4, 0.5) is 17.6 Å². The number of carbonyl (C=O) groups excluding carboxylic acids is 1. The Bertz CT molecular complexity index is 630. The first-order valence-corrected chi connectivity index (χ1v) is 7.56. The quantitative estimate of drug-likeness (QED) is 0.851. The number of carboxylic acid groups (broad SMARTS) is 1. The zero-order valence-corrected chi connectivity index (χ0v) is 12.8. The van der Waals surface area contributed by atoms with Crippen LogP contribution < -0.4 is 0 Å². The van der Waals surface area contributed by atoms with E-state index >= 15 is 0 Å². The van der Waals surface area contributed by atoms with Crippen LogP contribution in [0.25, 0.3) is 0 Å². The normalized spacial score (nSPS) is 19.0. The van der Waals surface area contributed by atoms with Crippen molar-refractivity contribution in [1.82, 2.24) is 4.90 Å². The zero-order valence-electron chi connectivity index (χ0n) is 12.8. The Morgan fingerprint density at radius 3 is 2.54 bits per heavy atom. The second kappa shape index (κ2) is 7.19. The van der Waals surface area contributed by atoms with E-state index in [2.05, 4.69) is 0 Å². The summed E-state index contributed by atoms with van der Waals surface area (Å²) in [6.07, 6.45) is -3.31. The fraction of sp³-hybridized carbons (Fsp3) is 0.500. The van der Waals surface area contributed by atoms with Crippen LogP contribution in [-0.2, 0) is 11.0 Å². The Balaban J connectivity index is 2.19. The van der Waals surface area contributed by atoms with E-state index in [0.717, 1.165) is 12.1 Å². The summed E-state index contributed by atoms with van der Waals surface area (Å²) in [6.45, 7) is 0.440. The Kier molecular flexibility index (Phi) is 5.46.